The van der Waals surface area contributed by atoms with Gasteiger partial charge >= 0.3 is 0 Å². The van der Waals surface area contributed by atoms with Gasteiger partial charge in [0, 0.05) is 37.0 Å². The third kappa shape index (κ3) is 4.51. The maximum atomic E-state index is 12.6. The molecule has 2 aromatic carbocycles. The first kappa shape index (κ1) is 20.0. The molecule has 0 atom stereocenters. The number of piperidine rings is 1. The number of non-ortho nitro benzene ring substituents is 1. The van der Waals surface area contributed by atoms with Crippen molar-refractivity contribution < 1.29 is 9.72 Å². The number of hydrogen-bond donors (Lipinski definition) is 1. The van der Waals surface area contributed by atoms with Crippen LogP contribution in [0.1, 0.15) is 28.9 Å². The van der Waals surface area contributed by atoms with E-state index in [1.807, 2.05) is 12.1 Å². The van der Waals surface area contributed by atoms with Crippen molar-refractivity contribution in [1.82, 2.24) is 20.3 Å². The molecule has 10 nitrogen and oxygen atoms in total. The summed E-state index contributed by atoms with van der Waals surface area (Å²) in [5.41, 5.74) is 2.23. The number of amides is 1. The molecule has 1 N–H and O–H groups in total. The van der Waals surface area contributed by atoms with Crippen LogP contribution in [0, 0.1) is 21.4 Å². The van der Waals surface area contributed by atoms with Crippen LogP contribution in [0.4, 0.5) is 11.4 Å². The van der Waals surface area contributed by atoms with Crippen molar-refractivity contribution >= 4 is 17.3 Å². The number of nitriles is 1. The molecular weight excluding hydrogens is 398 g/mol. The van der Waals surface area contributed by atoms with Gasteiger partial charge in [0.25, 0.3) is 11.6 Å². The van der Waals surface area contributed by atoms with Crippen LogP contribution in [0.2, 0.25) is 0 Å². The molecule has 0 aliphatic carbocycles. The monoisotopic (exact) mass is 417 g/mol. The molecule has 1 amide bonds. The van der Waals surface area contributed by atoms with Crippen molar-refractivity contribution in [1.29, 1.82) is 5.26 Å². The van der Waals surface area contributed by atoms with Crippen molar-refractivity contribution in [3.05, 3.63) is 76.1 Å². The van der Waals surface area contributed by atoms with Gasteiger partial charge in [0.15, 0.2) is 5.69 Å². The van der Waals surface area contributed by atoms with E-state index in [2.05, 4.69) is 26.6 Å². The fraction of sp³-hybridized carbons (Fsp3) is 0.238. The van der Waals surface area contributed by atoms with E-state index in [0.29, 0.717) is 11.3 Å². The minimum absolute atomic E-state index is 0.0186. The molecule has 0 spiro atoms. The molecule has 1 saturated heterocycles. The zero-order valence-electron chi connectivity index (χ0n) is 16.5. The van der Waals surface area contributed by atoms with E-state index >= 15 is 0 Å². The molecule has 0 radical (unpaired) electrons. The minimum Gasteiger partial charge on any atom is -0.371 e. The van der Waals surface area contributed by atoms with Crippen molar-refractivity contribution in [2.45, 2.75) is 18.9 Å². The van der Waals surface area contributed by atoms with E-state index in [1.54, 1.807) is 24.3 Å². The zero-order valence-corrected chi connectivity index (χ0v) is 16.5. The number of nitro benzene ring substituents is 1. The number of hydrogen-bond acceptors (Lipinski definition) is 7. The van der Waals surface area contributed by atoms with Gasteiger partial charge in [-0.3, -0.25) is 14.9 Å². The summed E-state index contributed by atoms with van der Waals surface area (Å²) >= 11 is 0. The summed E-state index contributed by atoms with van der Waals surface area (Å²) in [4.78, 5) is 25.3. The average Bonchev–Trinajstić information content (AvgIpc) is 3.30. The van der Waals surface area contributed by atoms with Crippen LogP contribution >= 0.6 is 0 Å². The van der Waals surface area contributed by atoms with E-state index in [-0.39, 0.29) is 23.3 Å². The Labute approximate surface area is 177 Å². The molecule has 10 heteroatoms. The topological polar surface area (TPSA) is 130 Å². The van der Waals surface area contributed by atoms with Gasteiger partial charge < -0.3 is 10.2 Å². The number of aromatic nitrogens is 3. The first-order chi connectivity index (χ1) is 15.0. The Hall–Kier alpha value is -4.26. The second kappa shape index (κ2) is 8.62. The molecule has 0 saturated carbocycles. The Bertz CT molecular complexity index is 1140. The maximum absolute atomic E-state index is 12.6. The molecule has 1 aromatic heterocycles. The summed E-state index contributed by atoms with van der Waals surface area (Å²) in [6, 6.07) is 15.6. The number of nitrogens with one attached hydrogen (secondary N) is 1. The molecule has 1 aliphatic heterocycles. The van der Waals surface area contributed by atoms with Crippen molar-refractivity contribution in [3.8, 4) is 11.8 Å². The fourth-order valence-electron chi connectivity index (χ4n) is 3.53. The summed E-state index contributed by atoms with van der Waals surface area (Å²) < 4.78 is 1.34. The van der Waals surface area contributed by atoms with Crippen LogP contribution in [0.5, 0.6) is 0 Å². The molecule has 3 aromatic rings. The van der Waals surface area contributed by atoms with Gasteiger partial charge in [0.2, 0.25) is 0 Å². The molecule has 0 unspecified atom stereocenters. The quantitative estimate of drug-likeness (QED) is 0.498. The number of carbonyl (C=O) groups is 1. The van der Waals surface area contributed by atoms with Gasteiger partial charge in [-0.25, -0.2) is 4.68 Å². The SMILES string of the molecule is N#Cc1ccc(N2CCC(NC(=O)c3cn(-c4cccc([N+](=O)[O-])c4)nn3)CC2)cc1. The molecule has 4 rings (SSSR count). The summed E-state index contributed by atoms with van der Waals surface area (Å²) in [6.45, 7) is 1.58. The lowest BCUT2D eigenvalue weighted by Gasteiger charge is -2.33. The van der Waals surface area contributed by atoms with Crippen molar-refractivity contribution in [2.75, 3.05) is 18.0 Å². The Morgan fingerprint density at radius 2 is 1.90 bits per heavy atom. The van der Waals surface area contributed by atoms with Gasteiger partial charge in [0.05, 0.1) is 28.4 Å². The lowest BCUT2D eigenvalue weighted by atomic mass is 10.0. The summed E-state index contributed by atoms with van der Waals surface area (Å²) in [5, 5.41) is 30.7. The zero-order chi connectivity index (χ0) is 21.8. The highest BCUT2D eigenvalue weighted by Crippen LogP contribution is 2.21. The second-order valence-electron chi connectivity index (χ2n) is 7.22. The first-order valence-corrected chi connectivity index (χ1v) is 9.76. The van der Waals surface area contributed by atoms with Gasteiger partial charge in [-0.1, -0.05) is 11.3 Å². The van der Waals surface area contributed by atoms with Gasteiger partial charge in [0.1, 0.15) is 0 Å². The largest absolute Gasteiger partial charge is 0.371 e. The minimum atomic E-state index is -0.488. The number of anilines is 1. The van der Waals surface area contributed by atoms with Gasteiger partial charge in [-0.2, -0.15) is 5.26 Å². The van der Waals surface area contributed by atoms with Crippen molar-refractivity contribution in [3.63, 3.8) is 0 Å². The standard InChI is InChI=1S/C21H19N7O3/c22-13-15-4-6-17(7-5-15)26-10-8-16(9-11-26)23-21(29)20-14-27(25-24-20)18-2-1-3-19(12-18)28(30)31/h1-7,12,14,16H,8-11H2,(H,23,29). The number of nitro groups is 1. The van der Waals surface area contributed by atoms with Crippen molar-refractivity contribution in [2.24, 2.45) is 0 Å². The van der Waals surface area contributed by atoms with Gasteiger partial charge in [-0.05, 0) is 43.2 Å². The molecular formula is C21H19N7O3. The van der Waals surface area contributed by atoms with E-state index < -0.39 is 4.92 Å². The van der Waals surface area contributed by atoms with E-state index in [4.69, 9.17) is 5.26 Å². The Morgan fingerprint density at radius 3 is 2.58 bits per heavy atom. The van der Waals surface area contributed by atoms with Crippen LogP contribution in [0.3, 0.4) is 0 Å². The van der Waals surface area contributed by atoms with Crippen LogP contribution in [0.25, 0.3) is 5.69 Å². The lowest BCUT2D eigenvalue weighted by Crippen LogP contribution is -2.44. The van der Waals surface area contributed by atoms with E-state index in [1.165, 1.54) is 23.0 Å². The number of rotatable bonds is 5. The maximum Gasteiger partial charge on any atom is 0.273 e. The third-order valence-electron chi connectivity index (χ3n) is 5.22. The number of carbonyl (C=O) groups excluding carboxylic acids is 1. The van der Waals surface area contributed by atoms with Crippen LogP contribution < -0.4 is 10.2 Å². The fourth-order valence-corrected chi connectivity index (χ4v) is 3.53. The lowest BCUT2D eigenvalue weighted by molar-refractivity contribution is -0.384. The van der Waals surface area contributed by atoms with Crippen LogP contribution in [-0.4, -0.2) is 45.0 Å². The Kier molecular flexibility index (Phi) is 5.57. The number of benzene rings is 2. The Morgan fingerprint density at radius 1 is 1.16 bits per heavy atom. The summed E-state index contributed by atoms with van der Waals surface area (Å²) in [6.07, 6.45) is 3.02. The molecule has 1 fully saturated rings. The predicted octanol–water partition coefficient (Wildman–Crippen LogP) is 2.45. The highest BCUT2D eigenvalue weighted by atomic mass is 16.6. The smallest absolute Gasteiger partial charge is 0.273 e. The second-order valence-corrected chi connectivity index (χ2v) is 7.22. The molecule has 1 aliphatic rings. The number of nitrogens with zero attached hydrogens (tertiary/aromatic N) is 6. The Balaban J connectivity index is 1.35. The average molecular weight is 417 g/mol. The third-order valence-corrected chi connectivity index (χ3v) is 5.22. The molecule has 0 bridgehead atoms. The first-order valence-electron chi connectivity index (χ1n) is 9.76. The van der Waals surface area contributed by atoms with Gasteiger partial charge in [-0.15, -0.1) is 5.10 Å². The highest BCUT2D eigenvalue weighted by Gasteiger charge is 2.23. The highest BCUT2D eigenvalue weighted by molar-refractivity contribution is 5.92. The predicted molar refractivity (Wildman–Crippen MR) is 112 cm³/mol. The molecule has 2 heterocycles. The normalized spacial score (nSPS) is 14.1. The van der Waals surface area contributed by atoms with E-state index in [0.717, 1.165) is 31.6 Å². The summed E-state index contributed by atoms with van der Waals surface area (Å²) in [5.74, 6) is -0.325. The van der Waals surface area contributed by atoms with Crippen LogP contribution in [0.15, 0.2) is 54.7 Å². The molecule has 31 heavy (non-hydrogen) atoms. The molecule has 156 valence electrons. The van der Waals surface area contributed by atoms with Crippen LogP contribution in [-0.2, 0) is 0 Å². The van der Waals surface area contributed by atoms with E-state index in [9.17, 15) is 14.9 Å². The summed E-state index contributed by atoms with van der Waals surface area (Å²) in [7, 11) is 0.